The number of carbonyl (C=O) groups is 1. The van der Waals surface area contributed by atoms with Crippen LogP contribution in [0.4, 0.5) is 5.69 Å². The van der Waals surface area contributed by atoms with E-state index in [0.29, 0.717) is 5.75 Å². The van der Waals surface area contributed by atoms with Crippen LogP contribution < -0.4 is 10.1 Å². The summed E-state index contributed by atoms with van der Waals surface area (Å²) in [5, 5.41) is 3.27. The highest BCUT2D eigenvalue weighted by Crippen LogP contribution is 2.17. The predicted molar refractivity (Wildman–Crippen MR) is 61.1 cm³/mol. The molecule has 0 saturated heterocycles. The van der Waals surface area contributed by atoms with Gasteiger partial charge in [-0.3, -0.25) is 4.79 Å². The summed E-state index contributed by atoms with van der Waals surface area (Å²) in [5.41, 5.74) is 0.988. The Morgan fingerprint density at radius 2 is 2.27 bits per heavy atom. The fraction of sp³-hybridized carbons (Fsp3) is 0.417. The second-order valence-corrected chi connectivity index (χ2v) is 3.40. The Kier molecular flexibility index (Phi) is 4.68. The van der Waals surface area contributed by atoms with E-state index >= 15 is 0 Å². The normalized spacial score (nSPS) is 9.73. The highest BCUT2D eigenvalue weighted by Gasteiger charge is 1.98. The Morgan fingerprint density at radius 3 is 2.93 bits per heavy atom. The van der Waals surface area contributed by atoms with Crippen molar-refractivity contribution in [3.63, 3.8) is 0 Å². The summed E-state index contributed by atoms with van der Waals surface area (Å²) in [7, 11) is 0. The van der Waals surface area contributed by atoms with E-state index in [9.17, 15) is 4.79 Å². The molecule has 0 amide bonds. The lowest BCUT2D eigenvalue weighted by Crippen LogP contribution is -2.03. The molecule has 0 aliphatic rings. The monoisotopic (exact) mass is 207 g/mol. The number of carbonyl (C=O) groups excluding carboxylic acids is 1. The number of unbranched alkanes of at least 4 members (excludes halogenated alkanes) is 1. The first kappa shape index (κ1) is 11.6. The first-order valence-corrected chi connectivity index (χ1v) is 5.24. The number of anilines is 1. The third-order valence-corrected chi connectivity index (χ3v) is 1.96. The molecule has 1 N–H and O–H groups in total. The average molecular weight is 207 g/mol. The summed E-state index contributed by atoms with van der Waals surface area (Å²) >= 11 is 0. The minimum Gasteiger partial charge on any atom is -0.427 e. The molecule has 0 fully saturated rings. The molecule has 15 heavy (non-hydrogen) atoms. The van der Waals surface area contributed by atoms with Gasteiger partial charge in [-0.1, -0.05) is 19.4 Å². The van der Waals surface area contributed by atoms with Crippen molar-refractivity contribution in [1.82, 2.24) is 0 Å². The van der Waals surface area contributed by atoms with E-state index in [-0.39, 0.29) is 5.97 Å². The molecule has 1 aromatic carbocycles. The Balaban J connectivity index is 2.53. The average Bonchev–Trinajstić information content (AvgIpc) is 2.18. The molecule has 3 nitrogen and oxygen atoms in total. The summed E-state index contributed by atoms with van der Waals surface area (Å²) in [4.78, 5) is 10.7. The number of hydrogen-bond acceptors (Lipinski definition) is 3. The van der Waals surface area contributed by atoms with Crippen LogP contribution in [-0.2, 0) is 4.79 Å². The fourth-order valence-corrected chi connectivity index (χ4v) is 1.25. The van der Waals surface area contributed by atoms with Gasteiger partial charge >= 0.3 is 5.97 Å². The number of esters is 1. The molecule has 3 heteroatoms. The summed E-state index contributed by atoms with van der Waals surface area (Å²) in [6.07, 6.45) is 2.30. The zero-order valence-corrected chi connectivity index (χ0v) is 9.25. The number of benzene rings is 1. The summed E-state index contributed by atoms with van der Waals surface area (Å²) in [6, 6.07) is 7.43. The molecule has 0 aliphatic carbocycles. The van der Waals surface area contributed by atoms with Crippen molar-refractivity contribution in [3.8, 4) is 5.75 Å². The molecule has 0 saturated carbocycles. The lowest BCUT2D eigenvalue weighted by molar-refractivity contribution is -0.131. The Bertz CT molecular complexity index is 323. The van der Waals surface area contributed by atoms with Gasteiger partial charge in [-0.25, -0.2) is 0 Å². The van der Waals surface area contributed by atoms with Crippen LogP contribution >= 0.6 is 0 Å². The molecule has 1 rings (SSSR count). The molecule has 0 spiro atoms. The van der Waals surface area contributed by atoms with E-state index in [1.165, 1.54) is 6.92 Å². The fourth-order valence-electron chi connectivity index (χ4n) is 1.25. The maximum Gasteiger partial charge on any atom is 0.308 e. The molecule has 0 heterocycles. The molecule has 1 aromatic rings. The molecule has 0 aromatic heterocycles. The van der Waals surface area contributed by atoms with E-state index < -0.39 is 0 Å². The Hall–Kier alpha value is -1.51. The summed E-state index contributed by atoms with van der Waals surface area (Å²) in [6.45, 7) is 4.49. The van der Waals surface area contributed by atoms with Crippen LogP contribution in [0, 0.1) is 0 Å². The highest BCUT2D eigenvalue weighted by atomic mass is 16.5. The van der Waals surface area contributed by atoms with Crippen molar-refractivity contribution >= 4 is 11.7 Å². The van der Waals surface area contributed by atoms with Crippen molar-refractivity contribution in [1.29, 1.82) is 0 Å². The topological polar surface area (TPSA) is 38.3 Å². The third kappa shape index (κ3) is 4.49. The van der Waals surface area contributed by atoms with Crippen molar-refractivity contribution in [3.05, 3.63) is 24.3 Å². The van der Waals surface area contributed by atoms with E-state index in [1.807, 2.05) is 18.2 Å². The lowest BCUT2D eigenvalue weighted by Gasteiger charge is -2.07. The summed E-state index contributed by atoms with van der Waals surface area (Å²) in [5.74, 6) is 0.296. The van der Waals surface area contributed by atoms with Crippen LogP contribution in [0.25, 0.3) is 0 Å². The van der Waals surface area contributed by atoms with Crippen LogP contribution in [0.5, 0.6) is 5.75 Å². The van der Waals surface area contributed by atoms with Gasteiger partial charge in [0.2, 0.25) is 0 Å². The molecule has 0 radical (unpaired) electrons. The Morgan fingerprint density at radius 1 is 1.47 bits per heavy atom. The van der Waals surface area contributed by atoms with Crippen LogP contribution in [0.1, 0.15) is 26.7 Å². The van der Waals surface area contributed by atoms with E-state index in [2.05, 4.69) is 12.2 Å². The van der Waals surface area contributed by atoms with Gasteiger partial charge in [-0.2, -0.15) is 0 Å². The first-order chi connectivity index (χ1) is 7.22. The second-order valence-electron chi connectivity index (χ2n) is 3.40. The molecule has 82 valence electrons. The van der Waals surface area contributed by atoms with E-state index in [4.69, 9.17) is 4.74 Å². The van der Waals surface area contributed by atoms with Gasteiger partial charge in [-0.15, -0.1) is 0 Å². The van der Waals surface area contributed by atoms with Crippen LogP contribution in [0.2, 0.25) is 0 Å². The minimum atomic E-state index is -0.291. The van der Waals surface area contributed by atoms with Crippen LogP contribution in [0.15, 0.2) is 24.3 Å². The SMILES string of the molecule is CCCCNc1cccc(OC(C)=O)c1. The molecule has 0 bridgehead atoms. The standard InChI is InChI=1S/C12H17NO2/c1-3-4-8-13-11-6-5-7-12(9-11)15-10(2)14/h5-7,9,13H,3-4,8H2,1-2H3. The lowest BCUT2D eigenvalue weighted by atomic mass is 10.3. The maximum absolute atomic E-state index is 10.7. The van der Waals surface area contributed by atoms with Gasteiger partial charge in [-0.05, 0) is 18.6 Å². The van der Waals surface area contributed by atoms with Gasteiger partial charge in [0.25, 0.3) is 0 Å². The molecule has 0 atom stereocenters. The maximum atomic E-state index is 10.7. The van der Waals surface area contributed by atoms with Crippen molar-refractivity contribution in [2.45, 2.75) is 26.7 Å². The number of ether oxygens (including phenoxy) is 1. The van der Waals surface area contributed by atoms with Gasteiger partial charge in [0.15, 0.2) is 0 Å². The van der Waals surface area contributed by atoms with Gasteiger partial charge in [0.1, 0.15) is 5.75 Å². The van der Waals surface area contributed by atoms with E-state index in [1.54, 1.807) is 6.07 Å². The zero-order valence-electron chi connectivity index (χ0n) is 9.25. The molecule has 0 unspecified atom stereocenters. The van der Waals surface area contributed by atoms with Crippen molar-refractivity contribution in [2.24, 2.45) is 0 Å². The molecule has 0 aliphatic heterocycles. The van der Waals surface area contributed by atoms with Gasteiger partial charge in [0.05, 0.1) is 0 Å². The molecular weight excluding hydrogens is 190 g/mol. The Labute approximate surface area is 90.4 Å². The predicted octanol–water partition coefficient (Wildman–Crippen LogP) is 2.82. The largest absolute Gasteiger partial charge is 0.427 e. The van der Waals surface area contributed by atoms with Crippen LogP contribution in [-0.4, -0.2) is 12.5 Å². The minimum absolute atomic E-state index is 0.291. The zero-order chi connectivity index (χ0) is 11.1. The van der Waals surface area contributed by atoms with Gasteiger partial charge in [0, 0.05) is 25.2 Å². The number of rotatable bonds is 5. The van der Waals surface area contributed by atoms with E-state index in [0.717, 1.165) is 25.1 Å². The first-order valence-electron chi connectivity index (χ1n) is 5.24. The third-order valence-electron chi connectivity index (χ3n) is 1.96. The smallest absolute Gasteiger partial charge is 0.308 e. The summed E-state index contributed by atoms with van der Waals surface area (Å²) < 4.78 is 4.98. The van der Waals surface area contributed by atoms with Gasteiger partial charge < -0.3 is 10.1 Å². The highest BCUT2D eigenvalue weighted by molar-refractivity contribution is 5.69. The second kappa shape index (κ2) is 6.06. The van der Waals surface area contributed by atoms with Crippen LogP contribution in [0.3, 0.4) is 0 Å². The number of nitrogens with one attached hydrogen (secondary N) is 1. The number of hydrogen-bond donors (Lipinski definition) is 1. The molecular formula is C12H17NO2. The van der Waals surface area contributed by atoms with Crippen molar-refractivity contribution < 1.29 is 9.53 Å². The van der Waals surface area contributed by atoms with Crippen molar-refractivity contribution in [2.75, 3.05) is 11.9 Å². The quantitative estimate of drug-likeness (QED) is 0.458.